The van der Waals surface area contributed by atoms with Crippen LogP contribution in [-0.2, 0) is 40.6 Å². The van der Waals surface area contributed by atoms with E-state index >= 15 is 0 Å². The second-order valence-electron chi connectivity index (χ2n) is 33.0. The summed E-state index contributed by atoms with van der Waals surface area (Å²) >= 11 is 5.90. The number of amides is 3. The molecule has 4 aliphatic heterocycles. The molecule has 0 saturated carbocycles. The third-order valence-corrected chi connectivity index (χ3v) is 23.4. The fraction of sp³-hybridized carbons (Fsp3) is 0.298. The molecule has 4 aliphatic rings. The summed E-state index contributed by atoms with van der Waals surface area (Å²) in [5.41, 5.74) is 17.6. The third kappa shape index (κ3) is 22.0. The molecule has 3 atom stereocenters. The SMILES string of the molecule is CCCCCCC(Oc1ccc(C)cc1C)C(=O)Nc1cc(=O)n2c(n1)C(C#N)=C(c1cc(C)ccc1C)C2.CCCCCCC(Oc1ccc(C)cc1C)C(=O)Nc1cc(=O)n2c(n1)C(C#N)=C(c1ccccc1C)C2.Cc1ccc(OC(C)C(=O)Nc2cc(=O)n3c(n2)C(C#N)=C(c2ccccc2)C3)c(C)c1.Cc1nc2n(c(=O)c1C)CC(c1ccc(Cl)cc1)=C2C#N. The van der Waals surface area contributed by atoms with Crippen molar-refractivity contribution in [2.24, 2.45) is 0 Å². The molecule has 15 rings (SSSR count). The fourth-order valence-corrected chi connectivity index (χ4v) is 16.1. The molecule has 3 amide bonds. The average Bonchev–Trinajstić information content (AvgIpc) is 1.61. The molecular weight excluding hydrogens is 1650 g/mol. The van der Waals surface area contributed by atoms with Crippen LogP contribution < -0.4 is 52.4 Å². The fourth-order valence-electron chi connectivity index (χ4n) is 16.0. The number of nitrogens with one attached hydrogen (secondary N) is 3. The number of nitrogens with zero attached hydrogens (tertiary/aromatic N) is 12. The van der Waals surface area contributed by atoms with E-state index in [0.717, 1.165) is 146 Å². The highest BCUT2D eigenvalue weighted by molar-refractivity contribution is 6.30. The average molecular weight is 1760 g/mol. The van der Waals surface area contributed by atoms with Crippen LogP contribution in [0.3, 0.4) is 0 Å². The van der Waals surface area contributed by atoms with Gasteiger partial charge >= 0.3 is 0 Å². The summed E-state index contributed by atoms with van der Waals surface area (Å²) in [5, 5.41) is 48.1. The van der Waals surface area contributed by atoms with Crippen molar-refractivity contribution in [3.63, 3.8) is 0 Å². The zero-order valence-electron chi connectivity index (χ0n) is 75.6. The maximum atomic E-state index is 13.4. The maximum absolute atomic E-state index is 13.4. The van der Waals surface area contributed by atoms with E-state index in [9.17, 15) is 54.6 Å². The molecule has 3 unspecified atom stereocenters. The summed E-state index contributed by atoms with van der Waals surface area (Å²) in [6.07, 6.45) is 6.88. The Morgan fingerprint density at radius 1 is 0.392 bits per heavy atom. The second kappa shape index (κ2) is 42.6. The lowest BCUT2D eigenvalue weighted by Crippen LogP contribution is -2.34. The lowest BCUT2D eigenvalue weighted by Gasteiger charge is -2.20. The number of fused-ring (bicyclic) bond motifs is 4. The van der Waals surface area contributed by atoms with Crippen molar-refractivity contribution in [1.82, 2.24) is 38.2 Å². The molecule has 4 aromatic heterocycles. The monoisotopic (exact) mass is 1760 g/mol. The van der Waals surface area contributed by atoms with Crippen LogP contribution in [0.1, 0.15) is 192 Å². The van der Waals surface area contributed by atoms with Gasteiger partial charge < -0.3 is 30.2 Å². The Labute approximate surface area is 761 Å². The number of nitriles is 4. The minimum absolute atomic E-state index is 0.0874. The number of carbonyl (C=O) groups is 3. The van der Waals surface area contributed by atoms with E-state index in [1.807, 2.05) is 202 Å². The highest BCUT2D eigenvalue weighted by atomic mass is 35.5. The summed E-state index contributed by atoms with van der Waals surface area (Å²) < 4.78 is 24.1. The molecule has 0 radical (unpaired) electrons. The van der Waals surface area contributed by atoms with E-state index in [-0.39, 0.29) is 88.6 Å². The molecule has 26 heteroatoms. The topological polar surface area (TPSA) is 350 Å². The van der Waals surface area contributed by atoms with Crippen LogP contribution in [0, 0.1) is 121 Å². The van der Waals surface area contributed by atoms with Gasteiger partial charge in [0.1, 0.15) is 81.3 Å². The number of aryl methyl sites for hydroxylation is 10. The Morgan fingerprint density at radius 2 is 0.762 bits per heavy atom. The van der Waals surface area contributed by atoms with Crippen molar-refractivity contribution in [1.29, 1.82) is 21.0 Å². The van der Waals surface area contributed by atoms with Crippen molar-refractivity contribution in [2.75, 3.05) is 16.0 Å². The Kier molecular flexibility index (Phi) is 30.9. The molecule has 662 valence electrons. The zero-order chi connectivity index (χ0) is 93.3. The van der Waals surface area contributed by atoms with Gasteiger partial charge in [-0.05, 0) is 189 Å². The van der Waals surface area contributed by atoms with Gasteiger partial charge in [0.2, 0.25) is 0 Å². The molecule has 0 spiro atoms. The molecule has 0 bridgehead atoms. The predicted octanol–water partition coefficient (Wildman–Crippen LogP) is 18.9. The first-order valence-corrected chi connectivity index (χ1v) is 43.9. The third-order valence-electron chi connectivity index (χ3n) is 23.2. The van der Waals surface area contributed by atoms with E-state index in [2.05, 4.69) is 74.0 Å². The Morgan fingerprint density at radius 3 is 1.20 bits per heavy atom. The first-order valence-electron chi connectivity index (χ1n) is 43.5. The van der Waals surface area contributed by atoms with Gasteiger partial charge in [-0.25, -0.2) is 19.9 Å². The molecule has 0 fully saturated rings. The Hall–Kier alpha value is -14.9. The Bertz CT molecular complexity index is 6820. The smallest absolute Gasteiger partial charge is 0.266 e. The number of allylic oxidation sites excluding steroid dienone is 8. The number of hydrogen-bond acceptors (Lipinski definition) is 18. The summed E-state index contributed by atoms with van der Waals surface area (Å²) in [7, 11) is 0. The maximum Gasteiger partial charge on any atom is 0.266 e. The predicted molar refractivity (Wildman–Crippen MR) is 508 cm³/mol. The van der Waals surface area contributed by atoms with Crippen LogP contribution >= 0.6 is 11.6 Å². The van der Waals surface area contributed by atoms with Crippen LogP contribution in [0.15, 0.2) is 189 Å². The van der Waals surface area contributed by atoms with Crippen LogP contribution in [0.25, 0.3) is 44.6 Å². The van der Waals surface area contributed by atoms with Crippen LogP contribution in [-0.4, -0.2) is 74.2 Å². The molecule has 0 aliphatic carbocycles. The minimum atomic E-state index is -0.805. The lowest BCUT2D eigenvalue weighted by molar-refractivity contribution is -0.123. The van der Waals surface area contributed by atoms with Gasteiger partial charge in [0.05, 0.1) is 26.2 Å². The standard InChI is InChI=1S/C32H36N4O3.C31H34N4O3.C25H22N4O3.C16H12ClN3O/c1-6-7-8-9-10-28(39-27-14-12-20(2)15-23(27)5)32(38)35-29-17-30(37)36-19-26(25(18-33)31(36)34-29)24-16-21(3)11-13-22(24)4;1-5-6-7-8-13-27(38-26-15-14-20(2)16-22(26)4)31(37)34-28-17-29(36)35-19-25(24(18-32)30(35)33-28)23-12-10-9-11-21(23)3;1-15-9-10-21(16(2)11-15)32-17(3)25(31)28-22-12-23(30)29-14-20(18-7-5-4-6-8-18)19(13-26)24(29)27-22;1-9-10(2)19-15-13(7-18)14(8-20(15)16(9)21)11-3-5-12(17)6-4-11/h11-17,28H,6-10,19H2,1-5H3,(H,35,38);9-12,14-17,27H,5-8,13,19H2,1-4H3,(H,34,37);4-12,17H,14H2,1-3H3,(H,28,31);3-6H,8H2,1-2H3. The summed E-state index contributed by atoms with van der Waals surface area (Å²) in [4.78, 5) is 109. The van der Waals surface area contributed by atoms with Crippen molar-refractivity contribution in [3.8, 4) is 41.5 Å². The van der Waals surface area contributed by atoms with Crippen LogP contribution in [0.2, 0.25) is 5.02 Å². The van der Waals surface area contributed by atoms with Crippen molar-refractivity contribution < 1.29 is 28.6 Å². The number of aromatic nitrogens is 8. The molecule has 8 heterocycles. The van der Waals surface area contributed by atoms with Crippen LogP contribution in [0.4, 0.5) is 17.5 Å². The number of anilines is 3. The molecule has 0 saturated heterocycles. The minimum Gasteiger partial charge on any atom is -0.481 e. The normalized spacial score (nSPS) is 13.2. The number of unbranched alkanes of at least 4 members (excludes halogenated alkanes) is 6. The van der Waals surface area contributed by atoms with E-state index in [1.54, 1.807) is 37.5 Å². The first-order chi connectivity index (χ1) is 62.4. The molecule has 7 aromatic carbocycles. The molecule has 25 nitrogen and oxygen atoms in total. The van der Waals surface area contributed by atoms with Gasteiger partial charge in [0, 0.05) is 56.8 Å². The van der Waals surface area contributed by atoms with Gasteiger partial charge in [0.15, 0.2) is 41.6 Å². The first kappa shape index (κ1) is 94.2. The van der Waals surface area contributed by atoms with Gasteiger partial charge in [-0.15, -0.1) is 0 Å². The van der Waals surface area contributed by atoms with E-state index in [1.165, 1.54) is 31.9 Å². The number of rotatable bonds is 26. The molecular formula is C104H104ClN15O10. The highest BCUT2D eigenvalue weighted by Gasteiger charge is 2.34. The lowest BCUT2D eigenvalue weighted by atomic mass is 9.96. The Balaban J connectivity index is 0.000000160. The highest BCUT2D eigenvalue weighted by Crippen LogP contribution is 2.39. The van der Waals surface area contributed by atoms with Crippen molar-refractivity contribution in [2.45, 2.75) is 206 Å². The number of halogens is 1. The summed E-state index contributed by atoms with van der Waals surface area (Å²) in [6, 6.07) is 60.6. The zero-order valence-corrected chi connectivity index (χ0v) is 76.4. The largest absolute Gasteiger partial charge is 0.481 e. The quantitative estimate of drug-likeness (QED) is 0.0424. The molecule has 130 heavy (non-hydrogen) atoms. The number of carbonyl (C=O) groups excluding carboxylic acids is 3. The van der Waals surface area contributed by atoms with E-state index < -0.39 is 24.2 Å². The molecule has 3 N–H and O–H groups in total. The second-order valence-corrected chi connectivity index (χ2v) is 33.5. The number of hydrogen-bond donors (Lipinski definition) is 3. The van der Waals surface area contributed by atoms with E-state index in [4.69, 9.17) is 25.8 Å². The van der Waals surface area contributed by atoms with Crippen molar-refractivity contribution in [3.05, 3.63) is 323 Å². The van der Waals surface area contributed by atoms with Gasteiger partial charge in [-0.1, -0.05) is 208 Å². The van der Waals surface area contributed by atoms with Gasteiger partial charge in [-0.3, -0.25) is 51.8 Å². The number of benzene rings is 7. The summed E-state index contributed by atoms with van der Waals surface area (Å²) in [5.74, 6) is 2.33. The van der Waals surface area contributed by atoms with Crippen LogP contribution in [0.5, 0.6) is 17.2 Å². The van der Waals surface area contributed by atoms with Gasteiger partial charge in [-0.2, -0.15) is 21.0 Å². The number of ether oxygens (including phenoxy) is 3. The van der Waals surface area contributed by atoms with Gasteiger partial charge in [0.25, 0.3) is 40.0 Å². The van der Waals surface area contributed by atoms with Crippen molar-refractivity contribution >= 4 is 91.4 Å². The van der Waals surface area contributed by atoms with E-state index in [0.29, 0.717) is 81.0 Å². The molecule has 11 aromatic rings. The summed E-state index contributed by atoms with van der Waals surface area (Å²) in [6.45, 7) is 28.4.